The van der Waals surface area contributed by atoms with Gasteiger partial charge in [0, 0.05) is 25.4 Å². The van der Waals surface area contributed by atoms with Gasteiger partial charge in [-0.1, -0.05) is 18.2 Å². The van der Waals surface area contributed by atoms with Crippen LogP contribution >= 0.6 is 11.3 Å². The largest absolute Gasteiger partial charge is 0.389 e. The van der Waals surface area contributed by atoms with Gasteiger partial charge in [-0.15, -0.1) is 11.3 Å². The maximum Gasteiger partial charge on any atom is 0.230 e. The van der Waals surface area contributed by atoms with Crippen molar-refractivity contribution in [2.75, 3.05) is 18.5 Å². The smallest absolute Gasteiger partial charge is 0.230 e. The summed E-state index contributed by atoms with van der Waals surface area (Å²) in [5.74, 6) is -0.0676. The van der Waals surface area contributed by atoms with Gasteiger partial charge in [0.1, 0.15) is 0 Å². The number of aromatic nitrogens is 1. The summed E-state index contributed by atoms with van der Waals surface area (Å²) in [6, 6.07) is 9.50. The Balaban J connectivity index is 2.15. The summed E-state index contributed by atoms with van der Waals surface area (Å²) >= 11 is 1.45. The van der Waals surface area contributed by atoms with Gasteiger partial charge in [-0.3, -0.25) is 14.6 Å². The van der Waals surface area contributed by atoms with E-state index in [1.165, 1.54) is 18.3 Å². The molecule has 0 saturated carbocycles. The lowest BCUT2D eigenvalue weighted by molar-refractivity contribution is -0.115. The molecule has 0 aliphatic heterocycles. The average molecular weight is 333 g/mol. The van der Waals surface area contributed by atoms with E-state index < -0.39 is 5.60 Å². The monoisotopic (exact) mass is 333 g/mol. The lowest BCUT2D eigenvalue weighted by Crippen LogP contribution is -2.35. The van der Waals surface area contributed by atoms with Gasteiger partial charge < -0.3 is 5.11 Å². The van der Waals surface area contributed by atoms with Gasteiger partial charge in [-0.2, -0.15) is 0 Å². The first-order valence-electron chi connectivity index (χ1n) is 7.47. The Hall–Kier alpha value is -1.76. The van der Waals surface area contributed by atoms with Gasteiger partial charge in [0.05, 0.1) is 17.0 Å². The molecule has 6 heteroatoms. The van der Waals surface area contributed by atoms with E-state index in [1.54, 1.807) is 18.7 Å². The molecule has 124 valence electrons. The van der Waals surface area contributed by atoms with Gasteiger partial charge in [0.25, 0.3) is 0 Å². The number of nitrogens with zero attached hydrogens (tertiary/aromatic N) is 3. The van der Waals surface area contributed by atoms with Gasteiger partial charge in [0.15, 0.2) is 5.13 Å². The quantitative estimate of drug-likeness (QED) is 0.883. The summed E-state index contributed by atoms with van der Waals surface area (Å²) in [5, 5.41) is 12.5. The number of carbonyl (C=O) groups excluding carboxylic acids is 1. The Morgan fingerprint density at radius 3 is 2.52 bits per heavy atom. The number of likely N-dealkylation sites (N-methyl/N-ethyl adjacent to an activating group) is 1. The normalized spacial score (nSPS) is 11.7. The van der Waals surface area contributed by atoms with Crippen LogP contribution < -0.4 is 4.90 Å². The molecule has 0 spiro atoms. The number of anilines is 2. The second kappa shape index (κ2) is 7.21. The molecule has 0 bridgehead atoms. The molecule has 5 nitrogen and oxygen atoms in total. The summed E-state index contributed by atoms with van der Waals surface area (Å²) in [6.07, 6.45) is 0. The zero-order valence-electron chi connectivity index (χ0n) is 14.0. The molecule has 0 fully saturated rings. The average Bonchev–Trinajstić information content (AvgIpc) is 2.85. The van der Waals surface area contributed by atoms with Crippen LogP contribution in [0.15, 0.2) is 35.7 Å². The van der Waals surface area contributed by atoms with Crippen molar-refractivity contribution in [3.63, 3.8) is 0 Å². The standard InChI is InChI=1S/C17H23N3O2S/c1-13(21)20(15-8-6-5-7-9-15)16-18-14(11-23-16)10-19(4)12-17(2,3)22/h5-9,11,22H,10,12H2,1-4H3. The number of carbonyl (C=O) groups is 1. The maximum absolute atomic E-state index is 12.0. The van der Waals surface area contributed by atoms with Crippen LogP contribution in [-0.2, 0) is 11.3 Å². The Morgan fingerprint density at radius 2 is 1.96 bits per heavy atom. The second-order valence-electron chi connectivity index (χ2n) is 6.30. The Kier molecular flexibility index (Phi) is 5.51. The fourth-order valence-corrected chi connectivity index (χ4v) is 3.35. The predicted molar refractivity (Wildman–Crippen MR) is 94.0 cm³/mol. The van der Waals surface area contributed by atoms with Crippen molar-refractivity contribution in [1.29, 1.82) is 0 Å². The number of aliphatic hydroxyl groups is 1. The topological polar surface area (TPSA) is 56.7 Å². The molecule has 23 heavy (non-hydrogen) atoms. The van der Waals surface area contributed by atoms with Crippen LogP contribution in [0.5, 0.6) is 0 Å². The SMILES string of the molecule is CC(=O)N(c1ccccc1)c1nc(CN(C)CC(C)(C)O)cs1. The first kappa shape index (κ1) is 17.6. The van der Waals surface area contributed by atoms with Crippen LogP contribution in [0.25, 0.3) is 0 Å². The number of thiazole rings is 1. The molecule has 1 N–H and O–H groups in total. The molecule has 0 aliphatic carbocycles. The number of benzene rings is 1. The van der Waals surface area contributed by atoms with E-state index >= 15 is 0 Å². The molecule has 1 amide bonds. The molecular weight excluding hydrogens is 310 g/mol. The van der Waals surface area contributed by atoms with Gasteiger partial charge in [0.2, 0.25) is 5.91 Å². The third kappa shape index (κ3) is 5.13. The molecule has 0 atom stereocenters. The van der Waals surface area contributed by atoms with Crippen molar-refractivity contribution >= 4 is 28.1 Å². The number of hydrogen-bond donors (Lipinski definition) is 1. The van der Waals surface area contributed by atoms with Crippen molar-refractivity contribution in [1.82, 2.24) is 9.88 Å². The summed E-state index contributed by atoms with van der Waals surface area (Å²) in [7, 11) is 1.94. The minimum absolute atomic E-state index is 0.0676. The molecular formula is C17H23N3O2S. The molecule has 1 heterocycles. The minimum Gasteiger partial charge on any atom is -0.389 e. The van der Waals surface area contributed by atoms with Crippen molar-refractivity contribution in [3.8, 4) is 0 Å². The summed E-state index contributed by atoms with van der Waals surface area (Å²) in [5.41, 5.74) is 0.952. The summed E-state index contributed by atoms with van der Waals surface area (Å²) in [4.78, 5) is 20.2. The molecule has 0 saturated heterocycles. The van der Waals surface area contributed by atoms with E-state index in [1.807, 2.05) is 47.7 Å². The van der Waals surface area contributed by atoms with Crippen LogP contribution in [-0.4, -0.2) is 40.1 Å². The Labute approximate surface area is 141 Å². The van der Waals surface area contributed by atoms with Gasteiger partial charge >= 0.3 is 0 Å². The lowest BCUT2D eigenvalue weighted by atomic mass is 10.1. The van der Waals surface area contributed by atoms with Gasteiger partial charge in [-0.05, 0) is 33.0 Å². The van der Waals surface area contributed by atoms with Crippen molar-refractivity contribution < 1.29 is 9.90 Å². The highest BCUT2D eigenvalue weighted by atomic mass is 32.1. The first-order valence-corrected chi connectivity index (χ1v) is 8.35. The second-order valence-corrected chi connectivity index (χ2v) is 7.13. The number of para-hydroxylation sites is 1. The van der Waals surface area contributed by atoms with E-state index in [0.717, 1.165) is 11.4 Å². The van der Waals surface area contributed by atoms with Crippen molar-refractivity contribution in [2.24, 2.45) is 0 Å². The molecule has 1 aromatic heterocycles. The van der Waals surface area contributed by atoms with Crippen LogP contribution in [0.3, 0.4) is 0 Å². The zero-order valence-corrected chi connectivity index (χ0v) is 14.8. The van der Waals surface area contributed by atoms with E-state index in [9.17, 15) is 9.90 Å². The highest BCUT2D eigenvalue weighted by Crippen LogP contribution is 2.29. The van der Waals surface area contributed by atoms with Crippen LogP contribution in [0.2, 0.25) is 0 Å². The molecule has 0 aliphatic rings. The third-order valence-corrected chi connectivity index (χ3v) is 4.02. The predicted octanol–water partition coefficient (Wildman–Crippen LogP) is 3.03. The molecule has 0 unspecified atom stereocenters. The van der Waals surface area contributed by atoms with E-state index in [0.29, 0.717) is 18.2 Å². The number of hydrogen-bond acceptors (Lipinski definition) is 5. The first-order chi connectivity index (χ1) is 10.8. The lowest BCUT2D eigenvalue weighted by Gasteiger charge is -2.24. The zero-order chi connectivity index (χ0) is 17.0. The van der Waals surface area contributed by atoms with Crippen LogP contribution in [0, 0.1) is 0 Å². The summed E-state index contributed by atoms with van der Waals surface area (Å²) in [6.45, 7) is 6.27. The van der Waals surface area contributed by atoms with E-state index in [2.05, 4.69) is 4.98 Å². The third-order valence-electron chi connectivity index (χ3n) is 3.15. The highest BCUT2D eigenvalue weighted by Gasteiger charge is 2.19. The molecule has 2 rings (SSSR count). The maximum atomic E-state index is 12.0. The molecule has 0 radical (unpaired) electrons. The number of rotatable bonds is 6. The van der Waals surface area contributed by atoms with Crippen molar-refractivity contribution in [3.05, 3.63) is 41.4 Å². The Bertz CT molecular complexity index is 649. The van der Waals surface area contributed by atoms with E-state index in [4.69, 9.17) is 0 Å². The molecule has 2 aromatic rings. The number of amides is 1. The van der Waals surface area contributed by atoms with Crippen molar-refractivity contribution in [2.45, 2.75) is 32.9 Å². The Morgan fingerprint density at radius 1 is 1.30 bits per heavy atom. The fraction of sp³-hybridized carbons (Fsp3) is 0.412. The minimum atomic E-state index is -0.747. The molecule has 1 aromatic carbocycles. The fourth-order valence-electron chi connectivity index (χ4n) is 2.47. The van der Waals surface area contributed by atoms with Gasteiger partial charge in [-0.25, -0.2) is 4.98 Å². The van der Waals surface area contributed by atoms with Crippen LogP contribution in [0.4, 0.5) is 10.8 Å². The van der Waals surface area contributed by atoms with Crippen LogP contribution in [0.1, 0.15) is 26.5 Å². The highest BCUT2D eigenvalue weighted by molar-refractivity contribution is 7.14. The summed E-state index contributed by atoms with van der Waals surface area (Å²) < 4.78 is 0. The van der Waals surface area contributed by atoms with E-state index in [-0.39, 0.29) is 5.91 Å².